The molecule has 0 aromatic carbocycles. The van der Waals surface area contributed by atoms with E-state index in [0.717, 1.165) is 22.7 Å². The Morgan fingerprint density at radius 1 is 0.696 bits per heavy atom. The van der Waals surface area contributed by atoms with Gasteiger partial charge in [0.2, 0.25) is 0 Å². The second-order valence-corrected chi connectivity index (χ2v) is 4.15. The zero-order valence-electron chi connectivity index (χ0n) is 12.7. The van der Waals surface area contributed by atoms with Crippen LogP contribution in [0.15, 0.2) is 25.3 Å². The summed E-state index contributed by atoms with van der Waals surface area (Å²) in [5.41, 5.74) is 3.05. The summed E-state index contributed by atoms with van der Waals surface area (Å²) in [5, 5.41) is 5.87. The van der Waals surface area contributed by atoms with Crippen LogP contribution in [0.3, 0.4) is 0 Å². The van der Waals surface area contributed by atoms with Crippen LogP contribution in [0, 0.1) is 0 Å². The molecule has 0 aliphatic heterocycles. The predicted molar refractivity (Wildman–Crippen MR) is 82.5 cm³/mol. The number of aromatic amines is 2. The molecule has 0 aliphatic carbocycles. The van der Waals surface area contributed by atoms with Crippen molar-refractivity contribution in [3.8, 4) is 0 Å². The normalized spacial score (nSPS) is 9.83. The Hall–Kier alpha value is -2.68. The van der Waals surface area contributed by atoms with Gasteiger partial charge in [0.1, 0.15) is 23.7 Å². The largest absolute Gasteiger partial charge is 0.371 e. The molecule has 11 heteroatoms. The molecule has 4 rings (SSSR count). The molecular formula is C12H14N10Zn. The Balaban J connectivity index is 0.000000160. The van der Waals surface area contributed by atoms with Gasteiger partial charge in [-0.2, -0.15) is 0 Å². The van der Waals surface area contributed by atoms with E-state index in [1.807, 2.05) is 14.1 Å². The van der Waals surface area contributed by atoms with Crippen molar-refractivity contribution in [1.29, 1.82) is 0 Å². The minimum atomic E-state index is 0. The number of fused-ring (bicyclic) bond motifs is 2. The smallest absolute Gasteiger partial charge is 0.182 e. The van der Waals surface area contributed by atoms with Gasteiger partial charge >= 0.3 is 0 Å². The molecule has 0 amide bonds. The van der Waals surface area contributed by atoms with Gasteiger partial charge in [0.15, 0.2) is 22.9 Å². The van der Waals surface area contributed by atoms with Crippen LogP contribution in [0.25, 0.3) is 22.3 Å². The molecule has 4 aromatic heterocycles. The van der Waals surface area contributed by atoms with Gasteiger partial charge < -0.3 is 20.6 Å². The van der Waals surface area contributed by atoms with Crippen LogP contribution in [0.1, 0.15) is 0 Å². The maximum Gasteiger partial charge on any atom is 0.182 e. The molecule has 0 unspecified atom stereocenters. The van der Waals surface area contributed by atoms with Gasteiger partial charge in [0, 0.05) is 33.6 Å². The zero-order chi connectivity index (χ0) is 15.4. The van der Waals surface area contributed by atoms with Crippen LogP contribution < -0.4 is 10.6 Å². The first kappa shape index (κ1) is 16.7. The first-order valence-electron chi connectivity index (χ1n) is 6.47. The van der Waals surface area contributed by atoms with E-state index in [4.69, 9.17) is 0 Å². The second-order valence-electron chi connectivity index (χ2n) is 4.15. The minimum absolute atomic E-state index is 0. The summed E-state index contributed by atoms with van der Waals surface area (Å²) >= 11 is 0. The van der Waals surface area contributed by atoms with Crippen LogP contribution >= 0.6 is 0 Å². The third-order valence-corrected chi connectivity index (χ3v) is 2.92. The van der Waals surface area contributed by atoms with Crippen molar-refractivity contribution >= 4 is 34.0 Å². The van der Waals surface area contributed by atoms with E-state index in [1.165, 1.54) is 12.7 Å². The van der Waals surface area contributed by atoms with Gasteiger partial charge in [-0.3, -0.25) is 0 Å². The third-order valence-electron chi connectivity index (χ3n) is 2.92. The van der Waals surface area contributed by atoms with Crippen LogP contribution in [0.4, 0.5) is 11.6 Å². The maximum atomic E-state index is 4.00. The van der Waals surface area contributed by atoms with E-state index < -0.39 is 0 Å². The maximum absolute atomic E-state index is 4.00. The van der Waals surface area contributed by atoms with Crippen molar-refractivity contribution in [1.82, 2.24) is 39.9 Å². The van der Waals surface area contributed by atoms with E-state index in [0.29, 0.717) is 11.3 Å². The average Bonchev–Trinajstić information content (AvgIpc) is 3.23. The summed E-state index contributed by atoms with van der Waals surface area (Å²) in [6.45, 7) is 0. The predicted octanol–water partition coefficient (Wildman–Crippen LogP) is 0.787. The molecule has 10 nitrogen and oxygen atoms in total. The molecule has 0 saturated carbocycles. The first-order chi connectivity index (χ1) is 10.8. The topological polar surface area (TPSA) is 133 Å². The average molecular weight is 364 g/mol. The van der Waals surface area contributed by atoms with E-state index in [1.54, 1.807) is 12.7 Å². The van der Waals surface area contributed by atoms with E-state index in [9.17, 15) is 0 Å². The monoisotopic (exact) mass is 362 g/mol. The number of anilines is 2. The summed E-state index contributed by atoms with van der Waals surface area (Å²) in [6, 6.07) is 0. The summed E-state index contributed by atoms with van der Waals surface area (Å²) in [6.07, 6.45) is 6.16. The van der Waals surface area contributed by atoms with Gasteiger partial charge in [-0.1, -0.05) is 0 Å². The molecule has 0 fully saturated rings. The van der Waals surface area contributed by atoms with Crippen molar-refractivity contribution < 1.29 is 19.5 Å². The first-order valence-corrected chi connectivity index (χ1v) is 6.47. The van der Waals surface area contributed by atoms with Crippen molar-refractivity contribution in [3.05, 3.63) is 25.3 Å². The molecule has 4 heterocycles. The second kappa shape index (κ2) is 7.55. The molecule has 4 N–H and O–H groups in total. The number of nitrogens with zero attached hydrogens (tertiary/aromatic N) is 6. The number of nitrogens with one attached hydrogen (secondary N) is 4. The fourth-order valence-corrected chi connectivity index (χ4v) is 1.91. The molecule has 0 atom stereocenters. The molecule has 114 valence electrons. The van der Waals surface area contributed by atoms with Crippen LogP contribution in [0.5, 0.6) is 0 Å². The summed E-state index contributed by atoms with van der Waals surface area (Å²) < 4.78 is 0. The van der Waals surface area contributed by atoms with Crippen LogP contribution in [-0.2, 0) is 19.5 Å². The number of rotatable bonds is 2. The summed E-state index contributed by atoms with van der Waals surface area (Å²) in [7, 11) is 3.62. The van der Waals surface area contributed by atoms with Crippen molar-refractivity contribution in [3.63, 3.8) is 0 Å². The van der Waals surface area contributed by atoms with Gasteiger partial charge in [-0.15, -0.1) is 0 Å². The molecular weight excluding hydrogens is 350 g/mol. The quantitative estimate of drug-likeness (QED) is 0.384. The van der Waals surface area contributed by atoms with E-state index in [-0.39, 0.29) is 19.5 Å². The summed E-state index contributed by atoms with van der Waals surface area (Å²) in [5.74, 6) is 1.54. The Bertz CT molecular complexity index is 811. The number of hydrogen-bond acceptors (Lipinski definition) is 8. The third kappa shape index (κ3) is 3.40. The zero-order valence-corrected chi connectivity index (χ0v) is 15.7. The molecule has 0 spiro atoms. The van der Waals surface area contributed by atoms with Crippen LogP contribution in [-0.4, -0.2) is 54.0 Å². The van der Waals surface area contributed by atoms with Crippen molar-refractivity contribution in [2.75, 3.05) is 24.7 Å². The van der Waals surface area contributed by atoms with Gasteiger partial charge in [-0.25, -0.2) is 29.9 Å². The fraction of sp³-hybridized carbons (Fsp3) is 0.167. The standard InChI is InChI=1S/2C6H7N5.Zn/c2*1-7-5-4-6(10-2-8-4)11-3-9-5;/h2*2-3H,1H3,(H2,7,8,9,10,11);. The fourth-order valence-electron chi connectivity index (χ4n) is 1.91. The Morgan fingerprint density at radius 2 is 1.13 bits per heavy atom. The number of hydrogen-bond donors (Lipinski definition) is 4. The Labute approximate surface area is 143 Å². The van der Waals surface area contributed by atoms with Crippen molar-refractivity contribution in [2.24, 2.45) is 0 Å². The van der Waals surface area contributed by atoms with Crippen LogP contribution in [0.2, 0.25) is 0 Å². The van der Waals surface area contributed by atoms with Gasteiger partial charge in [-0.05, 0) is 0 Å². The molecule has 4 aromatic rings. The van der Waals surface area contributed by atoms with Crippen molar-refractivity contribution in [2.45, 2.75) is 0 Å². The SMILES string of the molecule is CNc1ncnc2nc[nH]c12.CNc1ncnc2nc[nH]c12.[Zn]. The summed E-state index contributed by atoms with van der Waals surface area (Å²) in [4.78, 5) is 29.8. The number of aromatic nitrogens is 8. The molecule has 0 aliphatic rings. The Kier molecular flexibility index (Phi) is 5.48. The van der Waals surface area contributed by atoms with Gasteiger partial charge in [0.25, 0.3) is 0 Å². The molecule has 0 saturated heterocycles. The molecule has 0 radical (unpaired) electrons. The molecule has 23 heavy (non-hydrogen) atoms. The number of H-pyrrole nitrogens is 2. The molecule has 0 bridgehead atoms. The van der Waals surface area contributed by atoms with Gasteiger partial charge in [0.05, 0.1) is 12.7 Å². The van der Waals surface area contributed by atoms with E-state index in [2.05, 4.69) is 50.5 Å². The number of imidazole rings is 2. The Morgan fingerprint density at radius 3 is 1.52 bits per heavy atom. The van der Waals surface area contributed by atoms with E-state index >= 15 is 0 Å². The minimum Gasteiger partial charge on any atom is -0.371 e.